The van der Waals surface area contributed by atoms with Gasteiger partial charge < -0.3 is 10.1 Å². The second-order valence-corrected chi connectivity index (χ2v) is 5.50. The van der Waals surface area contributed by atoms with Crippen LogP contribution in [0.15, 0.2) is 36.4 Å². The summed E-state index contributed by atoms with van der Waals surface area (Å²) < 4.78 is 4.85. The van der Waals surface area contributed by atoms with Crippen LogP contribution in [-0.4, -0.2) is 23.4 Å². The Kier molecular flexibility index (Phi) is 5.49. The summed E-state index contributed by atoms with van der Waals surface area (Å²) >= 11 is 0. The van der Waals surface area contributed by atoms with Gasteiger partial charge in [0.15, 0.2) is 0 Å². The topological polar surface area (TPSA) is 98.5 Å². The lowest BCUT2D eigenvalue weighted by Gasteiger charge is -2.09. The van der Waals surface area contributed by atoms with Crippen LogP contribution in [0.3, 0.4) is 0 Å². The number of nitrogens with one attached hydrogen (secondary N) is 1. The van der Waals surface area contributed by atoms with E-state index < -0.39 is 16.8 Å². The molecule has 25 heavy (non-hydrogen) atoms. The number of rotatable bonds is 5. The van der Waals surface area contributed by atoms with Crippen LogP contribution in [0.25, 0.3) is 0 Å². The first kappa shape index (κ1) is 18.1. The zero-order valence-corrected chi connectivity index (χ0v) is 14.2. The van der Waals surface area contributed by atoms with Crippen molar-refractivity contribution in [1.82, 2.24) is 0 Å². The molecule has 0 saturated heterocycles. The van der Waals surface area contributed by atoms with Gasteiger partial charge in [0.1, 0.15) is 0 Å². The number of nitrogens with zero attached hydrogens (tertiary/aromatic N) is 1. The van der Waals surface area contributed by atoms with E-state index in [1.165, 1.54) is 6.07 Å². The van der Waals surface area contributed by atoms with Crippen molar-refractivity contribution in [2.45, 2.75) is 20.8 Å². The number of ether oxygens (including phenoxy) is 1. The number of anilines is 1. The van der Waals surface area contributed by atoms with Crippen LogP contribution in [0.4, 0.5) is 11.4 Å². The first-order valence-corrected chi connectivity index (χ1v) is 7.67. The smallest absolute Gasteiger partial charge is 0.338 e. The summed E-state index contributed by atoms with van der Waals surface area (Å²) in [5, 5.41) is 13.7. The second-order valence-electron chi connectivity index (χ2n) is 5.50. The maximum Gasteiger partial charge on any atom is 0.338 e. The molecule has 0 atom stereocenters. The molecule has 0 unspecified atom stereocenters. The molecule has 1 N–H and O–H groups in total. The number of nitro groups is 1. The molecule has 0 saturated carbocycles. The fourth-order valence-electron chi connectivity index (χ4n) is 2.20. The van der Waals surface area contributed by atoms with Gasteiger partial charge >= 0.3 is 5.97 Å². The first-order chi connectivity index (χ1) is 11.8. The predicted octanol–water partition coefficient (Wildman–Crippen LogP) is 3.64. The first-order valence-electron chi connectivity index (χ1n) is 7.67. The maximum atomic E-state index is 12.4. The van der Waals surface area contributed by atoms with Gasteiger partial charge in [-0.25, -0.2) is 4.79 Å². The van der Waals surface area contributed by atoms with Gasteiger partial charge in [0, 0.05) is 23.4 Å². The lowest BCUT2D eigenvalue weighted by atomic mass is 10.1. The fraction of sp³-hybridized carbons (Fsp3) is 0.222. The minimum atomic E-state index is -0.716. The molecular formula is C18H18N2O5. The van der Waals surface area contributed by atoms with E-state index in [4.69, 9.17) is 4.74 Å². The van der Waals surface area contributed by atoms with E-state index in [0.717, 1.165) is 23.3 Å². The van der Waals surface area contributed by atoms with Gasteiger partial charge in [-0.2, -0.15) is 0 Å². The van der Waals surface area contributed by atoms with E-state index in [1.54, 1.807) is 19.1 Å². The highest BCUT2D eigenvalue weighted by molar-refractivity contribution is 6.06. The van der Waals surface area contributed by atoms with E-state index >= 15 is 0 Å². The predicted molar refractivity (Wildman–Crippen MR) is 92.9 cm³/mol. The SMILES string of the molecule is CCOC(=O)c1cc(C(=O)Nc2ccc(C)c(C)c2)cc([N+](=O)[O-])c1. The summed E-state index contributed by atoms with van der Waals surface area (Å²) in [7, 11) is 0. The van der Waals surface area contributed by atoms with Crippen LogP contribution in [-0.2, 0) is 4.74 Å². The Balaban J connectivity index is 2.35. The largest absolute Gasteiger partial charge is 0.462 e. The van der Waals surface area contributed by atoms with Crippen LogP contribution in [0, 0.1) is 24.0 Å². The number of carbonyl (C=O) groups excluding carboxylic acids is 2. The van der Waals surface area contributed by atoms with E-state index in [2.05, 4.69) is 5.32 Å². The Hall–Kier alpha value is -3.22. The molecule has 2 aromatic rings. The molecule has 0 heterocycles. The molecule has 0 spiro atoms. The average Bonchev–Trinajstić information content (AvgIpc) is 2.58. The summed E-state index contributed by atoms with van der Waals surface area (Å²) in [6.45, 7) is 5.62. The van der Waals surface area contributed by atoms with Crippen molar-refractivity contribution < 1.29 is 19.2 Å². The van der Waals surface area contributed by atoms with Crippen molar-refractivity contribution in [2.24, 2.45) is 0 Å². The lowest BCUT2D eigenvalue weighted by Crippen LogP contribution is -2.14. The number of esters is 1. The van der Waals surface area contributed by atoms with Gasteiger partial charge in [-0.15, -0.1) is 0 Å². The van der Waals surface area contributed by atoms with Crippen molar-refractivity contribution in [3.05, 3.63) is 68.8 Å². The van der Waals surface area contributed by atoms with Gasteiger partial charge in [-0.05, 0) is 50.1 Å². The van der Waals surface area contributed by atoms with Crippen molar-refractivity contribution in [3.8, 4) is 0 Å². The summed E-state index contributed by atoms with van der Waals surface area (Å²) in [5.74, 6) is -1.26. The van der Waals surface area contributed by atoms with Crippen LogP contribution < -0.4 is 5.32 Å². The van der Waals surface area contributed by atoms with E-state index in [-0.39, 0.29) is 23.4 Å². The summed E-state index contributed by atoms with van der Waals surface area (Å²) in [5.41, 5.74) is 2.27. The third-order valence-corrected chi connectivity index (χ3v) is 3.67. The number of aryl methyl sites for hydroxylation is 2. The Labute approximate surface area is 144 Å². The van der Waals surface area contributed by atoms with Crippen LogP contribution in [0.5, 0.6) is 0 Å². The number of nitro benzene ring substituents is 1. The molecule has 2 aromatic carbocycles. The average molecular weight is 342 g/mol. The summed E-state index contributed by atoms with van der Waals surface area (Å²) in [6.07, 6.45) is 0. The third kappa shape index (κ3) is 4.41. The van der Waals surface area contributed by atoms with Crippen molar-refractivity contribution in [3.63, 3.8) is 0 Å². The summed E-state index contributed by atoms with van der Waals surface area (Å²) in [4.78, 5) is 34.7. The Bertz CT molecular complexity index is 845. The molecule has 7 heteroatoms. The Morgan fingerprint density at radius 1 is 1.08 bits per heavy atom. The van der Waals surface area contributed by atoms with Gasteiger partial charge in [-0.1, -0.05) is 6.07 Å². The molecule has 0 radical (unpaired) electrons. The fourth-order valence-corrected chi connectivity index (χ4v) is 2.20. The molecule has 7 nitrogen and oxygen atoms in total. The number of carbonyl (C=O) groups is 2. The standard InChI is InChI=1S/C18H18N2O5/c1-4-25-18(22)14-8-13(9-16(10-14)20(23)24)17(21)19-15-6-5-11(2)12(3)7-15/h5-10H,4H2,1-3H3,(H,19,21). The van der Waals surface area contributed by atoms with Gasteiger partial charge in [-0.3, -0.25) is 14.9 Å². The molecule has 1 amide bonds. The highest BCUT2D eigenvalue weighted by Crippen LogP contribution is 2.20. The van der Waals surface area contributed by atoms with Crippen LogP contribution in [0.1, 0.15) is 38.8 Å². The zero-order valence-electron chi connectivity index (χ0n) is 14.2. The number of non-ortho nitro benzene ring substituents is 1. The third-order valence-electron chi connectivity index (χ3n) is 3.67. The van der Waals surface area contributed by atoms with E-state index in [1.807, 2.05) is 19.9 Å². The Morgan fingerprint density at radius 2 is 1.76 bits per heavy atom. The van der Waals surface area contributed by atoms with Crippen molar-refractivity contribution in [2.75, 3.05) is 11.9 Å². The van der Waals surface area contributed by atoms with Crippen LogP contribution in [0.2, 0.25) is 0 Å². The maximum absolute atomic E-state index is 12.4. The molecule has 130 valence electrons. The van der Waals surface area contributed by atoms with Crippen LogP contribution >= 0.6 is 0 Å². The molecular weight excluding hydrogens is 324 g/mol. The molecule has 2 rings (SSSR count). The number of benzene rings is 2. The molecule has 0 aliphatic heterocycles. The lowest BCUT2D eigenvalue weighted by molar-refractivity contribution is -0.384. The second kappa shape index (κ2) is 7.57. The van der Waals surface area contributed by atoms with E-state index in [9.17, 15) is 19.7 Å². The molecule has 0 aliphatic carbocycles. The number of amides is 1. The quantitative estimate of drug-likeness (QED) is 0.508. The van der Waals surface area contributed by atoms with E-state index in [0.29, 0.717) is 5.69 Å². The summed E-state index contributed by atoms with van der Waals surface area (Å²) in [6, 6.07) is 8.90. The van der Waals surface area contributed by atoms with Crippen molar-refractivity contribution >= 4 is 23.3 Å². The minimum Gasteiger partial charge on any atom is -0.462 e. The van der Waals surface area contributed by atoms with Gasteiger partial charge in [0.2, 0.25) is 0 Å². The number of hydrogen-bond acceptors (Lipinski definition) is 5. The van der Waals surface area contributed by atoms with Crippen molar-refractivity contribution in [1.29, 1.82) is 0 Å². The normalized spacial score (nSPS) is 10.2. The minimum absolute atomic E-state index is 0.00970. The molecule has 0 fully saturated rings. The zero-order chi connectivity index (χ0) is 18.6. The van der Waals surface area contributed by atoms with Gasteiger partial charge in [0.05, 0.1) is 17.1 Å². The highest BCUT2D eigenvalue weighted by atomic mass is 16.6. The molecule has 0 aliphatic rings. The molecule has 0 aromatic heterocycles. The van der Waals surface area contributed by atoms with Gasteiger partial charge in [0.25, 0.3) is 11.6 Å². The monoisotopic (exact) mass is 342 g/mol. The Morgan fingerprint density at radius 3 is 2.36 bits per heavy atom. The highest BCUT2D eigenvalue weighted by Gasteiger charge is 2.19. The molecule has 0 bridgehead atoms. The number of hydrogen-bond donors (Lipinski definition) is 1.